The van der Waals surface area contributed by atoms with Crippen molar-refractivity contribution in [2.24, 2.45) is 5.92 Å². The summed E-state index contributed by atoms with van der Waals surface area (Å²) in [5.41, 5.74) is 4.27. The third kappa shape index (κ3) is 5.03. The molecule has 1 aromatic rings. The van der Waals surface area contributed by atoms with Crippen molar-refractivity contribution < 1.29 is 0 Å². The van der Waals surface area contributed by atoms with E-state index < -0.39 is 0 Å². The Bertz CT molecular complexity index is 447. The van der Waals surface area contributed by atoms with E-state index in [0.717, 1.165) is 18.5 Å². The van der Waals surface area contributed by atoms with Crippen LogP contribution in [-0.4, -0.2) is 18.6 Å². The predicted molar refractivity (Wildman–Crippen MR) is 93.0 cm³/mol. The average molecular weight is 288 g/mol. The van der Waals surface area contributed by atoms with E-state index in [4.69, 9.17) is 0 Å². The lowest BCUT2D eigenvalue weighted by molar-refractivity contribution is 0.565. The fraction of sp³-hybridized carbons (Fsp3) is 0.684. The van der Waals surface area contributed by atoms with E-state index in [1.807, 2.05) is 0 Å². The van der Waals surface area contributed by atoms with Gasteiger partial charge in [-0.1, -0.05) is 45.4 Å². The molecule has 0 aliphatic heterocycles. The van der Waals surface area contributed by atoms with E-state index in [-0.39, 0.29) is 0 Å². The lowest BCUT2D eigenvalue weighted by Crippen LogP contribution is -2.30. The minimum absolute atomic E-state index is 0.531. The minimum atomic E-state index is 0.531. The summed E-state index contributed by atoms with van der Waals surface area (Å²) >= 11 is 0. The van der Waals surface area contributed by atoms with Gasteiger partial charge in [-0.3, -0.25) is 0 Å². The van der Waals surface area contributed by atoms with Gasteiger partial charge in [0.1, 0.15) is 0 Å². The Labute approximate surface area is 130 Å². The second-order valence-electron chi connectivity index (χ2n) is 7.27. The summed E-state index contributed by atoms with van der Waals surface area (Å²) < 4.78 is 0. The smallest absolute Gasteiger partial charge is 0.0414 e. The summed E-state index contributed by atoms with van der Waals surface area (Å²) in [5, 5.41) is 3.58. The second kappa shape index (κ2) is 7.31. The Kier molecular flexibility index (Phi) is 5.69. The summed E-state index contributed by atoms with van der Waals surface area (Å²) in [6, 6.07) is 8.27. The predicted octanol–water partition coefficient (Wildman–Crippen LogP) is 4.51. The van der Waals surface area contributed by atoms with E-state index in [1.54, 1.807) is 0 Å². The molecule has 0 amide bonds. The molecule has 2 heteroatoms. The van der Waals surface area contributed by atoms with Crippen LogP contribution in [0.15, 0.2) is 18.2 Å². The Morgan fingerprint density at radius 2 is 1.90 bits per heavy atom. The van der Waals surface area contributed by atoms with Gasteiger partial charge in [0.05, 0.1) is 0 Å². The van der Waals surface area contributed by atoms with Gasteiger partial charge in [0, 0.05) is 30.9 Å². The van der Waals surface area contributed by atoms with Crippen LogP contribution in [0.25, 0.3) is 0 Å². The zero-order chi connectivity index (χ0) is 15.4. The maximum Gasteiger partial charge on any atom is 0.0414 e. The van der Waals surface area contributed by atoms with Crippen LogP contribution in [-0.2, 0) is 6.54 Å². The molecule has 0 heterocycles. The van der Waals surface area contributed by atoms with Crippen molar-refractivity contribution in [3.8, 4) is 0 Å². The van der Waals surface area contributed by atoms with Crippen LogP contribution in [0, 0.1) is 12.8 Å². The van der Waals surface area contributed by atoms with E-state index >= 15 is 0 Å². The molecule has 0 spiro atoms. The van der Waals surface area contributed by atoms with Crippen LogP contribution in [0.2, 0.25) is 0 Å². The fourth-order valence-electron chi connectivity index (χ4n) is 2.73. The SMILES string of the molecule is Cc1ccc(N(CCC(C)C)C2CC2)c(CNC(C)C)c1. The topological polar surface area (TPSA) is 15.3 Å². The summed E-state index contributed by atoms with van der Waals surface area (Å²) in [5.74, 6) is 0.772. The Morgan fingerprint density at radius 1 is 1.19 bits per heavy atom. The number of nitrogens with zero attached hydrogens (tertiary/aromatic N) is 1. The number of hydrogen-bond donors (Lipinski definition) is 1. The molecule has 1 fully saturated rings. The minimum Gasteiger partial charge on any atom is -0.368 e. The number of nitrogens with one attached hydrogen (secondary N) is 1. The first-order valence-corrected chi connectivity index (χ1v) is 8.57. The van der Waals surface area contributed by atoms with Crippen molar-refractivity contribution in [1.29, 1.82) is 0 Å². The quantitative estimate of drug-likeness (QED) is 0.757. The van der Waals surface area contributed by atoms with E-state index in [1.165, 1.54) is 42.6 Å². The van der Waals surface area contributed by atoms with Crippen molar-refractivity contribution in [3.05, 3.63) is 29.3 Å². The molecular formula is C19H32N2. The molecule has 0 radical (unpaired) electrons. The monoisotopic (exact) mass is 288 g/mol. The van der Waals surface area contributed by atoms with Gasteiger partial charge in [0.25, 0.3) is 0 Å². The van der Waals surface area contributed by atoms with Gasteiger partial charge < -0.3 is 10.2 Å². The summed E-state index contributed by atoms with van der Waals surface area (Å²) in [7, 11) is 0. The van der Waals surface area contributed by atoms with Crippen LogP contribution in [0.4, 0.5) is 5.69 Å². The zero-order valence-electron chi connectivity index (χ0n) is 14.4. The molecule has 0 unspecified atom stereocenters. The molecule has 1 aromatic carbocycles. The molecule has 2 rings (SSSR count). The summed E-state index contributed by atoms with van der Waals surface area (Å²) in [6.07, 6.45) is 4.01. The number of benzene rings is 1. The molecule has 1 aliphatic carbocycles. The first-order chi connectivity index (χ1) is 9.97. The van der Waals surface area contributed by atoms with E-state index in [9.17, 15) is 0 Å². The molecular weight excluding hydrogens is 256 g/mol. The highest BCUT2D eigenvalue weighted by Gasteiger charge is 2.30. The van der Waals surface area contributed by atoms with E-state index in [2.05, 4.69) is 63.0 Å². The molecule has 0 aromatic heterocycles. The Morgan fingerprint density at radius 3 is 2.48 bits per heavy atom. The molecule has 0 saturated heterocycles. The van der Waals surface area contributed by atoms with Gasteiger partial charge in [-0.05, 0) is 43.7 Å². The Balaban J connectivity index is 2.17. The van der Waals surface area contributed by atoms with Gasteiger partial charge in [-0.15, -0.1) is 0 Å². The number of rotatable bonds is 8. The molecule has 1 aliphatic rings. The highest BCUT2D eigenvalue weighted by molar-refractivity contribution is 5.56. The zero-order valence-corrected chi connectivity index (χ0v) is 14.4. The third-order valence-corrected chi connectivity index (χ3v) is 4.18. The fourth-order valence-corrected chi connectivity index (χ4v) is 2.73. The van der Waals surface area contributed by atoms with Crippen LogP contribution >= 0.6 is 0 Å². The lowest BCUT2D eigenvalue weighted by Gasteiger charge is -2.28. The molecule has 2 nitrogen and oxygen atoms in total. The van der Waals surface area contributed by atoms with Crippen molar-refractivity contribution in [3.63, 3.8) is 0 Å². The summed E-state index contributed by atoms with van der Waals surface area (Å²) in [4.78, 5) is 2.66. The van der Waals surface area contributed by atoms with Crippen LogP contribution in [0.1, 0.15) is 58.1 Å². The van der Waals surface area contributed by atoms with Crippen molar-refractivity contribution in [1.82, 2.24) is 5.32 Å². The molecule has 1 N–H and O–H groups in total. The van der Waals surface area contributed by atoms with Gasteiger partial charge in [0.15, 0.2) is 0 Å². The van der Waals surface area contributed by atoms with Gasteiger partial charge in [-0.2, -0.15) is 0 Å². The number of hydrogen-bond acceptors (Lipinski definition) is 2. The third-order valence-electron chi connectivity index (χ3n) is 4.18. The van der Waals surface area contributed by atoms with Gasteiger partial charge in [0.2, 0.25) is 0 Å². The summed E-state index contributed by atoms with van der Waals surface area (Å²) in [6.45, 7) is 13.4. The van der Waals surface area contributed by atoms with Crippen LogP contribution < -0.4 is 10.2 Å². The van der Waals surface area contributed by atoms with Crippen LogP contribution in [0.5, 0.6) is 0 Å². The number of anilines is 1. The van der Waals surface area contributed by atoms with Gasteiger partial charge >= 0.3 is 0 Å². The largest absolute Gasteiger partial charge is 0.368 e. The number of aryl methyl sites for hydroxylation is 1. The first kappa shape index (κ1) is 16.4. The lowest BCUT2D eigenvalue weighted by atomic mass is 10.1. The molecule has 21 heavy (non-hydrogen) atoms. The standard InChI is InChI=1S/C19H32N2/c1-14(2)10-11-21(18-7-8-18)19-9-6-16(5)12-17(19)13-20-15(3)4/h6,9,12,14-15,18,20H,7-8,10-11,13H2,1-5H3. The maximum absolute atomic E-state index is 3.58. The molecule has 1 saturated carbocycles. The first-order valence-electron chi connectivity index (χ1n) is 8.57. The highest BCUT2D eigenvalue weighted by atomic mass is 15.2. The van der Waals surface area contributed by atoms with Crippen LogP contribution in [0.3, 0.4) is 0 Å². The Hall–Kier alpha value is -1.02. The van der Waals surface area contributed by atoms with E-state index in [0.29, 0.717) is 6.04 Å². The maximum atomic E-state index is 3.58. The van der Waals surface area contributed by atoms with Crippen molar-refractivity contribution >= 4 is 5.69 Å². The molecule has 0 atom stereocenters. The highest BCUT2D eigenvalue weighted by Crippen LogP contribution is 2.34. The van der Waals surface area contributed by atoms with Crippen molar-refractivity contribution in [2.75, 3.05) is 11.4 Å². The second-order valence-corrected chi connectivity index (χ2v) is 7.27. The normalized spacial score (nSPS) is 15.0. The van der Waals surface area contributed by atoms with Crippen molar-refractivity contribution in [2.45, 2.75) is 72.5 Å². The molecule has 118 valence electrons. The average Bonchev–Trinajstić information content (AvgIpc) is 3.22. The van der Waals surface area contributed by atoms with Gasteiger partial charge in [-0.25, -0.2) is 0 Å². The molecule has 0 bridgehead atoms.